The molecule has 1 aliphatic heterocycles. The maximum atomic E-state index is 13.7. The molecule has 0 unspecified atom stereocenters. The third kappa shape index (κ3) is 11.5. The number of benzene rings is 2. The van der Waals surface area contributed by atoms with Crippen LogP contribution in [0.3, 0.4) is 0 Å². The van der Waals surface area contributed by atoms with E-state index in [9.17, 15) is 43.7 Å². The van der Waals surface area contributed by atoms with Gasteiger partial charge in [-0.05, 0) is 68.4 Å². The van der Waals surface area contributed by atoms with Gasteiger partial charge in [-0.15, -0.1) is 0 Å². The van der Waals surface area contributed by atoms with Crippen molar-refractivity contribution in [3.05, 3.63) is 76.4 Å². The van der Waals surface area contributed by atoms with E-state index >= 15 is 0 Å². The molecule has 16 nitrogen and oxygen atoms in total. The molecule has 1 atom stereocenters. The van der Waals surface area contributed by atoms with Crippen LogP contribution >= 0.6 is 0 Å². The number of hydrogen-bond donors (Lipinski definition) is 3. The predicted octanol–water partition coefficient (Wildman–Crippen LogP) is 4.89. The van der Waals surface area contributed by atoms with Crippen LogP contribution in [0.1, 0.15) is 76.2 Å². The fourth-order valence-electron chi connectivity index (χ4n) is 6.18. The van der Waals surface area contributed by atoms with E-state index in [0.29, 0.717) is 56.3 Å². The Morgan fingerprint density at radius 2 is 1.55 bits per heavy atom. The Bertz CT molecular complexity index is 1700. The Kier molecular flexibility index (Phi) is 14.3. The van der Waals surface area contributed by atoms with Crippen molar-refractivity contribution >= 4 is 52.8 Å². The van der Waals surface area contributed by atoms with Gasteiger partial charge in [0.15, 0.2) is 0 Å². The Morgan fingerprint density at radius 1 is 0.887 bits per heavy atom. The van der Waals surface area contributed by atoms with Gasteiger partial charge < -0.3 is 25.8 Å². The molecule has 1 saturated carbocycles. The first kappa shape index (κ1) is 39.8. The quantitative estimate of drug-likeness (QED) is 0.0297. The maximum Gasteiger partial charge on any atom is 0.514 e. The van der Waals surface area contributed by atoms with Gasteiger partial charge in [0.05, 0.1) is 10.3 Å². The molecule has 0 radical (unpaired) electrons. The highest BCUT2D eigenvalue weighted by molar-refractivity contribution is 6.13. The number of nitrogens with one attached hydrogen (secondary N) is 2. The van der Waals surface area contributed by atoms with Gasteiger partial charge in [-0.25, -0.2) is 9.59 Å². The summed E-state index contributed by atoms with van der Waals surface area (Å²) in [6.45, 7) is 0.371. The fourth-order valence-corrected chi connectivity index (χ4v) is 6.18. The number of unbranched alkanes of at least 4 members (excludes halogenated alkanes) is 3. The number of nitrogens with two attached hydrogens (primary N) is 1. The van der Waals surface area contributed by atoms with Gasteiger partial charge in [0.1, 0.15) is 23.9 Å². The molecule has 5 amide bonds. The van der Waals surface area contributed by atoms with E-state index in [-0.39, 0.29) is 67.2 Å². The van der Waals surface area contributed by atoms with Crippen molar-refractivity contribution in [1.82, 2.24) is 10.2 Å². The minimum Gasteiger partial charge on any atom is -0.429 e. The number of ether oxygens (including phenoxy) is 2. The van der Waals surface area contributed by atoms with Gasteiger partial charge in [0, 0.05) is 61.8 Å². The van der Waals surface area contributed by atoms with E-state index in [0.717, 1.165) is 12.8 Å². The molecular weight excluding hydrogens is 690 g/mol. The summed E-state index contributed by atoms with van der Waals surface area (Å²) in [5.41, 5.74) is 4.89. The third-order valence-electron chi connectivity index (χ3n) is 9.37. The van der Waals surface area contributed by atoms with Gasteiger partial charge in [-0.2, -0.15) is 0 Å². The number of hydrogen-bond acceptors (Lipinski definition) is 11. The summed E-state index contributed by atoms with van der Waals surface area (Å²) >= 11 is 0. The van der Waals surface area contributed by atoms with Crippen LogP contribution in [0.4, 0.5) is 21.0 Å². The van der Waals surface area contributed by atoms with Gasteiger partial charge in [0.2, 0.25) is 5.91 Å². The summed E-state index contributed by atoms with van der Waals surface area (Å²) in [6, 6.07) is 10.7. The molecule has 53 heavy (non-hydrogen) atoms. The highest BCUT2D eigenvalue weighted by atomic mass is 16.7. The number of Topliss-reactive ketones (excluding diaryl/α,β-unsaturated/α-hetero) is 2. The molecule has 1 fully saturated rings. The number of urea groups is 1. The standard InChI is InChI=1S/C37H43N5O11/c38-35(48)39-21-5-7-26(23-31(44)37(19-6-20-37)30(43)8-3-1-2-4-22-41-32(45)17-18-33(41)46)34(47)40-27-11-9-25(10-12-27)24-52-36(49)53-29-15-13-28(14-16-29)42(50)51/h9-18,26H,1-8,19-24H2,(H,40,47)(H3,38,39,48)/t26-/m1/s1. The number of ketones is 2. The van der Waals surface area contributed by atoms with Crippen LogP contribution < -0.4 is 21.1 Å². The van der Waals surface area contributed by atoms with Crippen molar-refractivity contribution in [2.24, 2.45) is 17.1 Å². The topological polar surface area (TPSA) is 234 Å². The zero-order chi connectivity index (χ0) is 38.4. The van der Waals surface area contributed by atoms with Gasteiger partial charge >= 0.3 is 12.2 Å². The second-order valence-corrected chi connectivity index (χ2v) is 13.0. The van der Waals surface area contributed by atoms with Crippen LogP contribution in [-0.4, -0.2) is 64.4 Å². The number of carbonyl (C=O) groups is 7. The predicted molar refractivity (Wildman–Crippen MR) is 189 cm³/mol. The number of non-ortho nitro benzene ring substituents is 1. The van der Waals surface area contributed by atoms with E-state index in [1.807, 2.05) is 0 Å². The second-order valence-electron chi connectivity index (χ2n) is 13.0. The minimum absolute atomic E-state index is 0.0718. The molecule has 1 aliphatic carbocycles. The first-order chi connectivity index (χ1) is 25.4. The molecule has 2 aromatic rings. The Hall–Kier alpha value is -5.93. The van der Waals surface area contributed by atoms with E-state index in [1.165, 1.54) is 41.3 Å². The molecule has 2 aromatic carbocycles. The molecule has 4 N–H and O–H groups in total. The molecule has 0 spiro atoms. The number of nitro groups is 1. The molecule has 282 valence electrons. The Labute approximate surface area is 305 Å². The van der Waals surface area contributed by atoms with E-state index in [1.54, 1.807) is 24.3 Å². The van der Waals surface area contributed by atoms with Crippen molar-refractivity contribution in [2.75, 3.05) is 18.4 Å². The first-order valence-electron chi connectivity index (χ1n) is 17.5. The number of imide groups is 1. The van der Waals surface area contributed by atoms with Crippen LogP contribution in [0.15, 0.2) is 60.7 Å². The molecule has 0 bridgehead atoms. The van der Waals surface area contributed by atoms with Crippen molar-refractivity contribution in [3.8, 4) is 5.75 Å². The molecule has 1 heterocycles. The maximum absolute atomic E-state index is 13.7. The van der Waals surface area contributed by atoms with Crippen LogP contribution in [0.2, 0.25) is 0 Å². The average Bonchev–Trinajstić information content (AvgIpc) is 3.42. The van der Waals surface area contributed by atoms with Gasteiger partial charge in [-0.3, -0.25) is 39.0 Å². The molecule has 0 saturated heterocycles. The average molecular weight is 734 g/mol. The lowest BCUT2D eigenvalue weighted by Gasteiger charge is -2.39. The number of nitro benzene ring substituents is 1. The number of rotatable bonds is 21. The number of carbonyl (C=O) groups excluding carboxylic acids is 7. The summed E-state index contributed by atoms with van der Waals surface area (Å²) in [5.74, 6) is -2.20. The van der Waals surface area contributed by atoms with Crippen LogP contribution in [0, 0.1) is 21.4 Å². The molecule has 16 heteroatoms. The Balaban J connectivity index is 1.27. The van der Waals surface area contributed by atoms with Crippen molar-refractivity contribution < 1.29 is 48.0 Å². The Morgan fingerprint density at radius 3 is 2.15 bits per heavy atom. The zero-order valence-electron chi connectivity index (χ0n) is 29.2. The number of amides is 5. The lowest BCUT2D eigenvalue weighted by Crippen LogP contribution is -2.46. The minimum atomic E-state index is -1.12. The first-order valence-corrected chi connectivity index (χ1v) is 17.5. The molecule has 0 aromatic heterocycles. The van der Waals surface area contributed by atoms with Crippen LogP contribution in [0.25, 0.3) is 0 Å². The summed E-state index contributed by atoms with van der Waals surface area (Å²) < 4.78 is 10.1. The molecule has 4 rings (SSSR count). The van der Waals surface area contributed by atoms with E-state index < -0.39 is 34.3 Å². The van der Waals surface area contributed by atoms with Crippen LogP contribution in [-0.2, 0) is 35.3 Å². The highest BCUT2D eigenvalue weighted by Gasteiger charge is 2.49. The normalized spacial score (nSPS) is 14.9. The van der Waals surface area contributed by atoms with Crippen molar-refractivity contribution in [2.45, 2.75) is 77.2 Å². The number of nitrogens with zero attached hydrogens (tertiary/aromatic N) is 2. The SMILES string of the molecule is NC(=O)NCCC[C@H](CC(=O)C1(C(=O)CCCCCCN2C(=O)C=CC2=O)CCC1)C(=O)Nc1ccc(COC(=O)Oc2ccc([N+](=O)[O-])cc2)cc1. The summed E-state index contributed by atoms with van der Waals surface area (Å²) in [5, 5.41) is 16.1. The number of primary amides is 1. The largest absolute Gasteiger partial charge is 0.514 e. The zero-order valence-corrected chi connectivity index (χ0v) is 29.2. The highest BCUT2D eigenvalue weighted by Crippen LogP contribution is 2.45. The fraction of sp³-hybridized carbons (Fsp3) is 0.432. The van der Waals surface area contributed by atoms with E-state index in [2.05, 4.69) is 10.6 Å². The number of anilines is 1. The lowest BCUT2D eigenvalue weighted by molar-refractivity contribution is -0.384. The van der Waals surface area contributed by atoms with E-state index in [4.69, 9.17) is 15.2 Å². The second kappa shape index (κ2) is 19.1. The van der Waals surface area contributed by atoms with Crippen LogP contribution in [0.5, 0.6) is 5.75 Å². The van der Waals surface area contributed by atoms with Crippen molar-refractivity contribution in [1.29, 1.82) is 0 Å². The molecule has 2 aliphatic rings. The monoisotopic (exact) mass is 733 g/mol. The summed E-state index contributed by atoms with van der Waals surface area (Å²) in [4.78, 5) is 98.6. The smallest absolute Gasteiger partial charge is 0.429 e. The summed E-state index contributed by atoms with van der Waals surface area (Å²) in [7, 11) is 0. The molecular formula is C37H43N5O11. The third-order valence-corrected chi connectivity index (χ3v) is 9.37. The van der Waals surface area contributed by atoms with Gasteiger partial charge in [-0.1, -0.05) is 31.4 Å². The lowest BCUT2D eigenvalue weighted by atomic mass is 9.61. The van der Waals surface area contributed by atoms with Gasteiger partial charge in [0.25, 0.3) is 17.5 Å². The van der Waals surface area contributed by atoms with Crippen molar-refractivity contribution in [3.63, 3.8) is 0 Å². The summed E-state index contributed by atoms with van der Waals surface area (Å²) in [6.07, 6.45) is 6.37.